The molecule has 1 atom stereocenters. The van der Waals surface area contributed by atoms with E-state index in [9.17, 15) is 17.6 Å². The van der Waals surface area contributed by atoms with Gasteiger partial charge in [-0.3, -0.25) is 0 Å². The van der Waals surface area contributed by atoms with E-state index in [2.05, 4.69) is 15.3 Å². The molecule has 9 nitrogen and oxygen atoms in total. The van der Waals surface area contributed by atoms with Gasteiger partial charge in [-0.25, -0.2) is 27.6 Å². The average Bonchev–Trinajstić information content (AvgIpc) is 2.67. The number of anilines is 2. The Morgan fingerprint density at radius 2 is 2.03 bits per heavy atom. The molecule has 2 amide bonds. The summed E-state index contributed by atoms with van der Waals surface area (Å²) in [5.41, 5.74) is 0.795. The third-order valence-corrected chi connectivity index (χ3v) is 6.27. The largest absolute Gasteiger partial charge is 0.377 e. The Balaban J connectivity index is 1.66. The molecule has 0 spiro atoms. The normalized spacial score (nSPS) is 18.9. The van der Waals surface area contributed by atoms with E-state index in [-0.39, 0.29) is 29.3 Å². The topological polar surface area (TPSA) is 105 Å². The fraction of sp³-hybridized carbons (Fsp3) is 0.476. The van der Waals surface area contributed by atoms with Crippen molar-refractivity contribution in [1.29, 1.82) is 0 Å². The van der Waals surface area contributed by atoms with Crippen LogP contribution in [0.1, 0.15) is 19.0 Å². The number of hydrogen-bond donors (Lipinski definition) is 1. The van der Waals surface area contributed by atoms with Crippen LogP contribution in [0.5, 0.6) is 0 Å². The second-order valence-corrected chi connectivity index (χ2v) is 10.3. The van der Waals surface area contributed by atoms with Gasteiger partial charge >= 0.3 is 6.03 Å². The molecule has 32 heavy (non-hydrogen) atoms. The van der Waals surface area contributed by atoms with Crippen molar-refractivity contribution in [2.75, 3.05) is 49.3 Å². The van der Waals surface area contributed by atoms with Crippen molar-refractivity contribution >= 4 is 27.4 Å². The van der Waals surface area contributed by atoms with Gasteiger partial charge in [0, 0.05) is 37.5 Å². The molecule has 2 saturated heterocycles. The molecule has 2 aromatic rings. The Bertz CT molecular complexity index is 1120. The molecule has 1 aromatic carbocycles. The Morgan fingerprint density at radius 3 is 2.66 bits per heavy atom. The Morgan fingerprint density at radius 1 is 1.25 bits per heavy atom. The van der Waals surface area contributed by atoms with Crippen LogP contribution < -0.4 is 10.2 Å². The summed E-state index contributed by atoms with van der Waals surface area (Å²) in [5, 5.41) is 2.57. The number of aromatic nitrogens is 2. The number of benzene rings is 1. The summed E-state index contributed by atoms with van der Waals surface area (Å²) in [7, 11) is -3.33. The summed E-state index contributed by atoms with van der Waals surface area (Å²) in [5.74, 6) is -0.0742. The minimum absolute atomic E-state index is 0.0495. The van der Waals surface area contributed by atoms with Gasteiger partial charge < -0.3 is 19.9 Å². The summed E-state index contributed by atoms with van der Waals surface area (Å²) in [6, 6.07) is 5.70. The maximum absolute atomic E-state index is 14.8. The van der Waals surface area contributed by atoms with Crippen LogP contribution in [-0.2, 0) is 20.3 Å². The van der Waals surface area contributed by atoms with Crippen LogP contribution in [0.3, 0.4) is 0 Å². The van der Waals surface area contributed by atoms with E-state index < -0.39 is 15.7 Å². The first-order valence-corrected chi connectivity index (χ1v) is 12.5. The quantitative estimate of drug-likeness (QED) is 0.725. The highest BCUT2D eigenvalue weighted by atomic mass is 32.2. The molecular formula is C21H26FN5O4S. The minimum Gasteiger partial charge on any atom is -0.377 e. The third-order valence-electron chi connectivity index (χ3n) is 5.45. The SMILES string of the molecule is C[C@H]1COCCN1c1cc(CS(C)(=O)=O)nc(-c2ccc(NC(=O)N3CCC3)c(F)c2)n1. The monoisotopic (exact) mass is 463 g/mol. The Kier molecular flexibility index (Phi) is 6.29. The molecule has 11 heteroatoms. The van der Waals surface area contributed by atoms with Crippen molar-refractivity contribution in [1.82, 2.24) is 14.9 Å². The fourth-order valence-electron chi connectivity index (χ4n) is 3.64. The number of urea groups is 1. The number of nitrogens with one attached hydrogen (secondary N) is 1. The summed E-state index contributed by atoms with van der Waals surface area (Å²) < 4.78 is 44.0. The van der Waals surface area contributed by atoms with Crippen LogP contribution in [0.2, 0.25) is 0 Å². The van der Waals surface area contributed by atoms with E-state index in [4.69, 9.17) is 4.74 Å². The summed E-state index contributed by atoms with van der Waals surface area (Å²) in [4.78, 5) is 24.7. The highest BCUT2D eigenvalue weighted by molar-refractivity contribution is 7.89. The van der Waals surface area contributed by atoms with Crippen molar-refractivity contribution in [2.24, 2.45) is 0 Å². The van der Waals surface area contributed by atoms with Gasteiger partial charge in [0.15, 0.2) is 15.7 Å². The van der Waals surface area contributed by atoms with E-state index >= 15 is 0 Å². The lowest BCUT2D eigenvalue weighted by Crippen LogP contribution is -2.44. The molecule has 2 fully saturated rings. The van der Waals surface area contributed by atoms with E-state index in [0.717, 1.165) is 12.7 Å². The number of halogens is 1. The lowest BCUT2D eigenvalue weighted by molar-refractivity contribution is 0.0985. The molecule has 172 valence electrons. The summed E-state index contributed by atoms with van der Waals surface area (Å²) in [6.45, 7) is 4.98. The molecule has 0 unspecified atom stereocenters. The number of ether oxygens (including phenoxy) is 1. The van der Waals surface area contributed by atoms with Gasteiger partial charge in [-0.15, -0.1) is 0 Å². The second kappa shape index (κ2) is 8.99. The number of carbonyl (C=O) groups is 1. The number of morpholine rings is 1. The number of rotatable bonds is 5. The molecule has 0 aliphatic carbocycles. The predicted octanol–water partition coefficient (Wildman–Crippen LogP) is 2.29. The zero-order valence-electron chi connectivity index (χ0n) is 18.0. The number of nitrogens with zero attached hydrogens (tertiary/aromatic N) is 4. The van der Waals surface area contributed by atoms with Gasteiger partial charge in [-0.05, 0) is 31.5 Å². The fourth-order valence-corrected chi connectivity index (χ4v) is 4.32. The Labute approximate surface area is 186 Å². The van der Waals surface area contributed by atoms with Gasteiger partial charge in [-0.1, -0.05) is 0 Å². The second-order valence-electron chi connectivity index (χ2n) is 8.19. The molecule has 0 radical (unpaired) electrons. The molecule has 1 N–H and O–H groups in total. The minimum atomic E-state index is -3.33. The number of carbonyl (C=O) groups excluding carboxylic acids is 1. The van der Waals surface area contributed by atoms with E-state index in [0.29, 0.717) is 49.9 Å². The highest BCUT2D eigenvalue weighted by Crippen LogP contribution is 2.27. The molecule has 4 rings (SSSR count). The van der Waals surface area contributed by atoms with E-state index in [1.54, 1.807) is 17.0 Å². The molecule has 2 aliphatic heterocycles. The average molecular weight is 464 g/mol. The van der Waals surface area contributed by atoms with Crippen molar-refractivity contribution in [3.63, 3.8) is 0 Å². The zero-order valence-corrected chi connectivity index (χ0v) is 18.9. The van der Waals surface area contributed by atoms with Gasteiger partial charge in [0.2, 0.25) is 0 Å². The summed E-state index contributed by atoms with van der Waals surface area (Å²) in [6.07, 6.45) is 2.08. The van der Waals surface area contributed by atoms with Gasteiger partial charge in [0.1, 0.15) is 11.6 Å². The first-order valence-electron chi connectivity index (χ1n) is 10.5. The standard InChI is InChI=1S/C21H26FN5O4S/c1-14-12-31-9-8-27(14)19-11-16(13-32(2,29)30)23-20(25-19)15-4-5-18(17(22)10-15)24-21(28)26-6-3-7-26/h4-5,10-11,14H,3,6-9,12-13H2,1-2H3,(H,24,28)/t14-/m0/s1. The maximum atomic E-state index is 14.8. The van der Waals surface area contributed by atoms with Crippen LogP contribution in [-0.4, -0.2) is 74.5 Å². The van der Waals surface area contributed by atoms with E-state index in [1.165, 1.54) is 12.1 Å². The first kappa shape index (κ1) is 22.4. The molecule has 2 aliphatic rings. The molecular weight excluding hydrogens is 437 g/mol. The van der Waals surface area contributed by atoms with Crippen molar-refractivity contribution in [3.05, 3.63) is 35.8 Å². The maximum Gasteiger partial charge on any atom is 0.321 e. The number of hydrogen-bond acceptors (Lipinski definition) is 7. The number of likely N-dealkylation sites (tertiary alicyclic amines) is 1. The van der Waals surface area contributed by atoms with E-state index in [1.807, 2.05) is 11.8 Å². The molecule has 0 bridgehead atoms. The van der Waals surface area contributed by atoms with Gasteiger partial charge in [0.25, 0.3) is 0 Å². The number of amides is 2. The van der Waals surface area contributed by atoms with Gasteiger partial charge in [-0.2, -0.15) is 0 Å². The third kappa shape index (κ3) is 5.16. The van der Waals surface area contributed by atoms with Crippen molar-refractivity contribution < 1.29 is 22.3 Å². The van der Waals surface area contributed by atoms with Crippen molar-refractivity contribution in [3.8, 4) is 11.4 Å². The van der Waals surface area contributed by atoms with Crippen LogP contribution in [0, 0.1) is 5.82 Å². The summed E-state index contributed by atoms with van der Waals surface area (Å²) >= 11 is 0. The smallest absolute Gasteiger partial charge is 0.321 e. The highest BCUT2D eigenvalue weighted by Gasteiger charge is 2.24. The predicted molar refractivity (Wildman–Crippen MR) is 119 cm³/mol. The Hall–Kier alpha value is -2.79. The molecule has 0 saturated carbocycles. The first-order chi connectivity index (χ1) is 15.2. The molecule has 1 aromatic heterocycles. The van der Waals surface area contributed by atoms with Crippen LogP contribution in [0.4, 0.5) is 20.7 Å². The lowest BCUT2D eigenvalue weighted by atomic mass is 10.1. The van der Waals surface area contributed by atoms with Crippen LogP contribution in [0.15, 0.2) is 24.3 Å². The molecule has 3 heterocycles. The van der Waals surface area contributed by atoms with Crippen LogP contribution >= 0.6 is 0 Å². The number of sulfone groups is 1. The van der Waals surface area contributed by atoms with Gasteiger partial charge in [0.05, 0.1) is 36.4 Å². The zero-order chi connectivity index (χ0) is 22.9. The van der Waals surface area contributed by atoms with Crippen molar-refractivity contribution in [2.45, 2.75) is 25.1 Å². The van der Waals surface area contributed by atoms with Crippen LogP contribution in [0.25, 0.3) is 11.4 Å². The lowest BCUT2D eigenvalue weighted by Gasteiger charge is -2.34.